The largest absolute Gasteiger partial charge is 0.456 e. The first-order valence-electron chi connectivity index (χ1n) is 20.6. The van der Waals surface area contributed by atoms with E-state index in [-0.39, 0.29) is 0 Å². The summed E-state index contributed by atoms with van der Waals surface area (Å²) in [5.41, 5.74) is 12.2. The van der Waals surface area contributed by atoms with Gasteiger partial charge in [0, 0.05) is 33.1 Å². The molecule has 280 valence electrons. The monoisotopic (exact) mass is 763 g/mol. The van der Waals surface area contributed by atoms with Crippen LogP contribution in [0.3, 0.4) is 0 Å². The zero-order valence-electron chi connectivity index (χ0n) is 32.7. The second-order valence-corrected chi connectivity index (χ2v) is 15.6. The Morgan fingerprint density at radius 1 is 0.283 bits per heavy atom. The van der Waals surface area contributed by atoms with Crippen molar-refractivity contribution in [2.45, 2.75) is 0 Å². The Morgan fingerprint density at radius 3 is 1.58 bits per heavy atom. The molecule has 11 aromatic carbocycles. The van der Waals surface area contributed by atoms with Crippen LogP contribution in [0.4, 0.5) is 17.1 Å². The molecule has 12 aromatic rings. The van der Waals surface area contributed by atoms with E-state index in [2.05, 4.69) is 223 Å². The van der Waals surface area contributed by atoms with E-state index < -0.39 is 0 Å². The van der Waals surface area contributed by atoms with E-state index in [1.54, 1.807) is 0 Å². The highest BCUT2D eigenvalue weighted by atomic mass is 16.3. The van der Waals surface area contributed by atoms with E-state index in [9.17, 15) is 0 Å². The van der Waals surface area contributed by atoms with Crippen LogP contribution in [-0.4, -0.2) is 0 Å². The van der Waals surface area contributed by atoms with E-state index in [0.717, 1.165) is 39.2 Å². The molecule has 2 nitrogen and oxygen atoms in total. The summed E-state index contributed by atoms with van der Waals surface area (Å²) in [5, 5.41) is 12.2. The van der Waals surface area contributed by atoms with Crippen LogP contribution in [0.1, 0.15) is 0 Å². The number of fused-ring (bicyclic) bond motifs is 11. The van der Waals surface area contributed by atoms with Crippen molar-refractivity contribution in [2.75, 3.05) is 4.90 Å². The van der Waals surface area contributed by atoms with Gasteiger partial charge in [0.15, 0.2) is 0 Å². The van der Waals surface area contributed by atoms with Crippen molar-refractivity contribution in [2.24, 2.45) is 0 Å². The summed E-state index contributed by atoms with van der Waals surface area (Å²) in [6.45, 7) is 0. The molecule has 60 heavy (non-hydrogen) atoms. The lowest BCUT2D eigenvalue weighted by molar-refractivity contribution is 0.669. The lowest BCUT2D eigenvalue weighted by Gasteiger charge is -2.29. The molecule has 0 atom stereocenters. The highest BCUT2D eigenvalue weighted by Gasteiger charge is 2.22. The average Bonchev–Trinajstić information content (AvgIpc) is 3.71. The Balaban J connectivity index is 1.07. The van der Waals surface area contributed by atoms with Crippen LogP contribution >= 0.6 is 0 Å². The highest BCUT2D eigenvalue weighted by Crippen LogP contribution is 2.48. The number of anilines is 3. The fourth-order valence-corrected chi connectivity index (χ4v) is 9.46. The molecular weight excluding hydrogens is 727 g/mol. The van der Waals surface area contributed by atoms with E-state index in [1.807, 2.05) is 6.07 Å². The van der Waals surface area contributed by atoms with Crippen LogP contribution in [0.15, 0.2) is 229 Å². The van der Waals surface area contributed by atoms with E-state index in [1.165, 1.54) is 76.3 Å². The lowest BCUT2D eigenvalue weighted by atomic mass is 9.87. The molecule has 0 aliphatic heterocycles. The molecule has 0 fully saturated rings. The number of hydrogen-bond donors (Lipinski definition) is 0. The predicted octanol–water partition coefficient (Wildman–Crippen LogP) is 16.7. The maximum atomic E-state index is 6.42. The first-order valence-corrected chi connectivity index (χ1v) is 20.6. The van der Waals surface area contributed by atoms with Crippen molar-refractivity contribution in [3.05, 3.63) is 224 Å². The van der Waals surface area contributed by atoms with Crippen molar-refractivity contribution in [1.29, 1.82) is 0 Å². The maximum Gasteiger partial charge on any atom is 0.136 e. The second kappa shape index (κ2) is 13.9. The summed E-state index contributed by atoms with van der Waals surface area (Å²) >= 11 is 0. The number of benzene rings is 11. The molecule has 0 radical (unpaired) electrons. The summed E-state index contributed by atoms with van der Waals surface area (Å²) in [5.74, 6) is 0. The Labute approximate surface area is 347 Å². The third-order valence-electron chi connectivity index (χ3n) is 12.2. The molecule has 0 aliphatic carbocycles. The molecule has 0 aliphatic rings. The number of hydrogen-bond acceptors (Lipinski definition) is 2. The first kappa shape index (κ1) is 34.1. The van der Waals surface area contributed by atoms with Gasteiger partial charge in [0.25, 0.3) is 0 Å². The Morgan fingerprint density at radius 2 is 0.817 bits per heavy atom. The van der Waals surface area contributed by atoms with Crippen LogP contribution in [0.2, 0.25) is 0 Å². The van der Waals surface area contributed by atoms with Crippen LogP contribution in [0, 0.1) is 0 Å². The minimum absolute atomic E-state index is 0.911. The van der Waals surface area contributed by atoms with E-state index in [4.69, 9.17) is 4.42 Å². The summed E-state index contributed by atoms with van der Waals surface area (Å²) in [6.07, 6.45) is 0. The molecule has 0 unspecified atom stereocenters. The minimum Gasteiger partial charge on any atom is -0.456 e. The summed E-state index contributed by atoms with van der Waals surface area (Å²) < 4.78 is 6.42. The topological polar surface area (TPSA) is 16.4 Å². The van der Waals surface area contributed by atoms with Crippen molar-refractivity contribution in [3.63, 3.8) is 0 Å². The van der Waals surface area contributed by atoms with Gasteiger partial charge >= 0.3 is 0 Å². The van der Waals surface area contributed by atoms with Crippen LogP contribution in [0.5, 0.6) is 0 Å². The third-order valence-corrected chi connectivity index (χ3v) is 12.2. The fraction of sp³-hybridized carbons (Fsp3) is 0. The smallest absolute Gasteiger partial charge is 0.136 e. The molecule has 0 amide bonds. The van der Waals surface area contributed by atoms with Gasteiger partial charge in [-0.1, -0.05) is 170 Å². The molecule has 1 aromatic heterocycles. The normalized spacial score (nSPS) is 11.7. The maximum absolute atomic E-state index is 6.42. The highest BCUT2D eigenvalue weighted by molar-refractivity contribution is 6.36. The van der Waals surface area contributed by atoms with Crippen molar-refractivity contribution in [1.82, 2.24) is 0 Å². The number of rotatable bonds is 6. The van der Waals surface area contributed by atoms with Gasteiger partial charge in [-0.15, -0.1) is 0 Å². The molecule has 12 rings (SSSR count). The van der Waals surface area contributed by atoms with Crippen molar-refractivity contribution < 1.29 is 4.42 Å². The third kappa shape index (κ3) is 5.50. The Bertz CT molecular complexity index is 3550. The van der Waals surface area contributed by atoms with E-state index >= 15 is 0 Å². The van der Waals surface area contributed by atoms with Gasteiger partial charge in [0.05, 0.1) is 5.69 Å². The molecule has 0 bridgehead atoms. The second-order valence-electron chi connectivity index (χ2n) is 15.6. The number of furan rings is 1. The van der Waals surface area contributed by atoms with Gasteiger partial charge in [0.2, 0.25) is 0 Å². The zero-order chi connectivity index (χ0) is 39.6. The standard InChI is InChI=1S/C58H37NO/c1-2-13-38(14-3-1)40-27-31-44(32-28-40)59(45-33-29-41(30-34-45)43-26-25-39-15-4-5-16-42(39)37-43)53-23-10-8-17-46(53)47-21-12-22-49-51-35-36-55-58(52-20-9-11-24-54(52)60-55)57(51)50-19-7-6-18-48(50)56(47)49/h1-37H. The molecule has 0 spiro atoms. The number of nitrogens with zero attached hydrogens (tertiary/aromatic N) is 1. The number of para-hydroxylation sites is 2. The molecular formula is C58H37NO. The fourth-order valence-electron chi connectivity index (χ4n) is 9.46. The van der Waals surface area contributed by atoms with Crippen LogP contribution < -0.4 is 4.90 Å². The minimum atomic E-state index is 0.911. The van der Waals surface area contributed by atoms with Gasteiger partial charge in [-0.2, -0.15) is 0 Å². The molecule has 1 heterocycles. The van der Waals surface area contributed by atoms with E-state index in [0.29, 0.717) is 0 Å². The molecule has 0 saturated heterocycles. The van der Waals surface area contributed by atoms with Gasteiger partial charge in [-0.3, -0.25) is 0 Å². The van der Waals surface area contributed by atoms with Gasteiger partial charge in [0.1, 0.15) is 11.2 Å². The molecule has 0 saturated carbocycles. The first-order chi connectivity index (χ1) is 29.8. The predicted molar refractivity (Wildman–Crippen MR) is 255 cm³/mol. The summed E-state index contributed by atoms with van der Waals surface area (Å²) in [7, 11) is 0. The zero-order valence-corrected chi connectivity index (χ0v) is 32.7. The van der Waals surface area contributed by atoms with Gasteiger partial charge in [-0.05, 0) is 120 Å². The quantitative estimate of drug-likeness (QED) is 0.157. The Hall–Kier alpha value is -7.94. The lowest BCUT2D eigenvalue weighted by Crippen LogP contribution is -2.11. The SMILES string of the molecule is c1ccc(-c2ccc(N(c3ccc(-c4ccc5ccccc5c4)cc3)c3ccccc3-c3cccc4c5ccc6oc7ccccc7c6c5c5ccccc5c34)cc2)cc1. The van der Waals surface area contributed by atoms with Gasteiger partial charge < -0.3 is 9.32 Å². The van der Waals surface area contributed by atoms with Crippen LogP contribution in [0.25, 0.3) is 98.4 Å². The average molecular weight is 764 g/mol. The summed E-state index contributed by atoms with van der Waals surface area (Å²) in [6, 6.07) is 81.3. The van der Waals surface area contributed by atoms with Crippen LogP contribution in [-0.2, 0) is 0 Å². The van der Waals surface area contributed by atoms with Crippen molar-refractivity contribution >= 4 is 82.1 Å². The molecule has 2 heteroatoms. The Kier molecular flexibility index (Phi) is 7.89. The van der Waals surface area contributed by atoms with Gasteiger partial charge in [-0.25, -0.2) is 0 Å². The summed E-state index contributed by atoms with van der Waals surface area (Å²) in [4.78, 5) is 2.41. The van der Waals surface area contributed by atoms with Crippen molar-refractivity contribution in [3.8, 4) is 33.4 Å². The molecule has 0 N–H and O–H groups in total.